The predicted molar refractivity (Wildman–Crippen MR) is 70.9 cm³/mol. The van der Waals surface area contributed by atoms with Gasteiger partial charge in [0, 0.05) is 32.7 Å². The number of ether oxygens (including phenoxy) is 1. The van der Waals surface area contributed by atoms with Crippen LogP contribution in [0.15, 0.2) is 0 Å². The summed E-state index contributed by atoms with van der Waals surface area (Å²) in [6.45, 7) is 5.91. The molecule has 6 nitrogen and oxygen atoms in total. The monoisotopic (exact) mass is 272 g/mol. The molecule has 0 aliphatic carbocycles. The lowest BCUT2D eigenvalue weighted by atomic mass is 9.96. The van der Waals surface area contributed by atoms with Gasteiger partial charge in [-0.2, -0.15) is 0 Å². The molecule has 0 aromatic heterocycles. The second-order valence-corrected chi connectivity index (χ2v) is 5.43. The number of rotatable bonds is 6. The zero-order chi connectivity index (χ0) is 14.4. The number of hydrogen-bond acceptors (Lipinski definition) is 3. The number of carbonyl (C=O) groups is 2. The Morgan fingerprint density at radius 1 is 1.47 bits per heavy atom. The summed E-state index contributed by atoms with van der Waals surface area (Å²) in [5.74, 6) is -1.02. The Balaban J connectivity index is 2.37. The molecule has 1 saturated heterocycles. The van der Waals surface area contributed by atoms with Crippen molar-refractivity contribution in [3.05, 3.63) is 0 Å². The highest BCUT2D eigenvalue weighted by molar-refractivity contribution is 5.76. The molecule has 2 N–H and O–H groups in total. The Morgan fingerprint density at radius 2 is 2.16 bits per heavy atom. The van der Waals surface area contributed by atoms with E-state index in [1.807, 2.05) is 13.8 Å². The standard InChI is InChI=1S/C13H24N2O4/c1-9(2)11(12(16)17)6-14-13(18)15-5-4-10(7-15)8-19-3/h9-11H,4-8H2,1-3H3,(H,14,18)(H,16,17). The van der Waals surface area contributed by atoms with Crippen molar-refractivity contribution in [1.29, 1.82) is 0 Å². The Morgan fingerprint density at radius 3 is 2.68 bits per heavy atom. The summed E-state index contributed by atoms with van der Waals surface area (Å²) in [5, 5.41) is 11.8. The first-order valence-electron chi connectivity index (χ1n) is 6.70. The van der Waals surface area contributed by atoms with Crippen LogP contribution in [0.1, 0.15) is 20.3 Å². The van der Waals surface area contributed by atoms with Gasteiger partial charge in [-0.05, 0) is 12.3 Å². The topological polar surface area (TPSA) is 78.9 Å². The maximum Gasteiger partial charge on any atom is 0.317 e. The largest absolute Gasteiger partial charge is 0.481 e. The normalized spacial score (nSPS) is 20.6. The van der Waals surface area contributed by atoms with Crippen molar-refractivity contribution >= 4 is 12.0 Å². The van der Waals surface area contributed by atoms with Crippen LogP contribution in [-0.4, -0.2) is 55.4 Å². The Bertz CT molecular complexity index is 320. The van der Waals surface area contributed by atoms with Crippen LogP contribution in [-0.2, 0) is 9.53 Å². The summed E-state index contributed by atoms with van der Waals surface area (Å²) < 4.78 is 5.08. The number of nitrogens with one attached hydrogen (secondary N) is 1. The molecule has 1 aliphatic heterocycles. The Hall–Kier alpha value is -1.30. The number of amides is 2. The number of carboxylic acid groups (broad SMARTS) is 1. The molecule has 0 aromatic rings. The second-order valence-electron chi connectivity index (χ2n) is 5.43. The third-order valence-corrected chi connectivity index (χ3v) is 3.57. The molecule has 6 heteroatoms. The van der Waals surface area contributed by atoms with Gasteiger partial charge < -0.3 is 20.1 Å². The number of hydrogen-bond donors (Lipinski definition) is 2. The number of carboxylic acids is 1. The molecule has 1 aliphatic rings. The summed E-state index contributed by atoms with van der Waals surface area (Å²) in [6, 6.07) is -0.175. The fourth-order valence-electron chi connectivity index (χ4n) is 2.31. The van der Waals surface area contributed by atoms with Crippen LogP contribution in [0, 0.1) is 17.8 Å². The summed E-state index contributed by atoms with van der Waals surface area (Å²) >= 11 is 0. The van der Waals surface area contributed by atoms with Gasteiger partial charge in [-0.25, -0.2) is 4.79 Å². The lowest BCUT2D eigenvalue weighted by Gasteiger charge is -2.21. The van der Waals surface area contributed by atoms with Crippen LogP contribution in [0.4, 0.5) is 4.79 Å². The average Bonchev–Trinajstić information content (AvgIpc) is 2.77. The van der Waals surface area contributed by atoms with Gasteiger partial charge in [0.25, 0.3) is 0 Å². The molecule has 110 valence electrons. The van der Waals surface area contributed by atoms with E-state index in [9.17, 15) is 9.59 Å². The molecule has 0 saturated carbocycles. The number of aliphatic carboxylic acids is 1. The van der Waals surface area contributed by atoms with Gasteiger partial charge >= 0.3 is 12.0 Å². The van der Waals surface area contributed by atoms with Crippen molar-refractivity contribution in [2.45, 2.75) is 20.3 Å². The summed E-state index contributed by atoms with van der Waals surface area (Å²) in [5.41, 5.74) is 0. The highest BCUT2D eigenvalue weighted by Gasteiger charge is 2.28. The number of nitrogens with zero attached hydrogens (tertiary/aromatic N) is 1. The third kappa shape index (κ3) is 4.70. The fourth-order valence-corrected chi connectivity index (χ4v) is 2.31. The predicted octanol–water partition coefficient (Wildman–Crippen LogP) is 1.02. The third-order valence-electron chi connectivity index (χ3n) is 3.57. The first kappa shape index (κ1) is 15.8. The van der Waals surface area contributed by atoms with E-state index >= 15 is 0 Å². The number of likely N-dealkylation sites (tertiary alicyclic amines) is 1. The minimum Gasteiger partial charge on any atom is -0.481 e. The Labute approximate surface area is 114 Å². The van der Waals surface area contributed by atoms with E-state index < -0.39 is 11.9 Å². The summed E-state index contributed by atoms with van der Waals surface area (Å²) in [6.07, 6.45) is 0.938. The highest BCUT2D eigenvalue weighted by atomic mass is 16.5. The van der Waals surface area contributed by atoms with E-state index in [1.165, 1.54) is 0 Å². The fraction of sp³-hybridized carbons (Fsp3) is 0.846. The zero-order valence-corrected chi connectivity index (χ0v) is 11.9. The van der Waals surface area contributed by atoms with Gasteiger partial charge in [-0.1, -0.05) is 13.8 Å². The molecule has 2 atom stereocenters. The van der Waals surface area contributed by atoms with Crippen molar-refractivity contribution in [3.8, 4) is 0 Å². The molecule has 19 heavy (non-hydrogen) atoms. The minimum absolute atomic E-state index is 0.00221. The van der Waals surface area contributed by atoms with Crippen LogP contribution < -0.4 is 5.32 Å². The average molecular weight is 272 g/mol. The van der Waals surface area contributed by atoms with Crippen molar-refractivity contribution in [2.24, 2.45) is 17.8 Å². The summed E-state index contributed by atoms with van der Waals surface area (Å²) in [7, 11) is 1.66. The van der Waals surface area contributed by atoms with Crippen molar-refractivity contribution in [1.82, 2.24) is 10.2 Å². The molecule has 0 bridgehead atoms. The SMILES string of the molecule is COCC1CCN(C(=O)NCC(C(=O)O)C(C)C)C1. The molecular weight excluding hydrogens is 248 g/mol. The van der Waals surface area contributed by atoms with Gasteiger partial charge in [-0.15, -0.1) is 0 Å². The maximum absolute atomic E-state index is 11.9. The van der Waals surface area contributed by atoms with Crippen LogP contribution in [0.3, 0.4) is 0 Å². The molecule has 2 amide bonds. The van der Waals surface area contributed by atoms with E-state index in [-0.39, 0.29) is 18.5 Å². The van der Waals surface area contributed by atoms with Gasteiger partial charge in [0.2, 0.25) is 0 Å². The second kappa shape index (κ2) is 7.33. The highest BCUT2D eigenvalue weighted by Crippen LogP contribution is 2.16. The lowest BCUT2D eigenvalue weighted by molar-refractivity contribution is -0.142. The van der Waals surface area contributed by atoms with Crippen molar-refractivity contribution < 1.29 is 19.4 Å². The molecule has 1 rings (SSSR count). The minimum atomic E-state index is -0.867. The summed E-state index contributed by atoms with van der Waals surface area (Å²) in [4.78, 5) is 24.7. The molecule has 1 fully saturated rings. The molecular formula is C13H24N2O4. The van der Waals surface area contributed by atoms with Crippen molar-refractivity contribution in [2.75, 3.05) is 33.4 Å². The molecule has 0 radical (unpaired) electrons. The molecule has 0 aromatic carbocycles. The maximum atomic E-state index is 11.9. The van der Waals surface area contributed by atoms with Crippen LogP contribution in [0.5, 0.6) is 0 Å². The van der Waals surface area contributed by atoms with Gasteiger partial charge in [0.15, 0.2) is 0 Å². The van der Waals surface area contributed by atoms with Crippen molar-refractivity contribution in [3.63, 3.8) is 0 Å². The lowest BCUT2D eigenvalue weighted by Crippen LogP contribution is -2.43. The molecule has 0 spiro atoms. The zero-order valence-electron chi connectivity index (χ0n) is 11.9. The molecule has 1 heterocycles. The van der Waals surface area contributed by atoms with Crippen LogP contribution in [0.25, 0.3) is 0 Å². The van der Waals surface area contributed by atoms with Gasteiger partial charge in [0.1, 0.15) is 0 Å². The van der Waals surface area contributed by atoms with E-state index in [2.05, 4.69) is 5.32 Å². The molecule has 2 unspecified atom stereocenters. The number of methoxy groups -OCH3 is 1. The number of carbonyl (C=O) groups excluding carboxylic acids is 1. The van der Waals surface area contributed by atoms with E-state index in [0.29, 0.717) is 25.6 Å². The number of urea groups is 1. The first-order valence-corrected chi connectivity index (χ1v) is 6.70. The Kier molecular flexibility index (Phi) is 6.08. The van der Waals surface area contributed by atoms with Gasteiger partial charge in [-0.3, -0.25) is 4.79 Å². The van der Waals surface area contributed by atoms with E-state index in [4.69, 9.17) is 9.84 Å². The smallest absolute Gasteiger partial charge is 0.317 e. The van der Waals surface area contributed by atoms with Gasteiger partial charge in [0.05, 0.1) is 12.5 Å². The van der Waals surface area contributed by atoms with Crippen LogP contribution >= 0.6 is 0 Å². The quantitative estimate of drug-likeness (QED) is 0.756. The van der Waals surface area contributed by atoms with E-state index in [1.54, 1.807) is 12.0 Å². The first-order chi connectivity index (χ1) is 8.95. The van der Waals surface area contributed by atoms with E-state index in [0.717, 1.165) is 6.42 Å². The van der Waals surface area contributed by atoms with Crippen LogP contribution in [0.2, 0.25) is 0 Å².